The molecule has 0 spiro atoms. The zero-order valence-corrected chi connectivity index (χ0v) is 15.6. The quantitative estimate of drug-likeness (QED) is 0.817. The second kappa shape index (κ2) is 9.03. The van der Waals surface area contributed by atoms with Gasteiger partial charge in [0.15, 0.2) is 0 Å². The van der Waals surface area contributed by atoms with Crippen LogP contribution in [0.5, 0.6) is 5.75 Å². The summed E-state index contributed by atoms with van der Waals surface area (Å²) in [6.07, 6.45) is 0. The topological polar surface area (TPSA) is 53.6 Å². The summed E-state index contributed by atoms with van der Waals surface area (Å²) in [5.41, 5.74) is 2.02. The number of amides is 1. The van der Waals surface area contributed by atoms with Gasteiger partial charge in [-0.25, -0.2) is 0 Å². The van der Waals surface area contributed by atoms with E-state index in [0.29, 0.717) is 13.1 Å². The van der Waals surface area contributed by atoms with Crippen molar-refractivity contribution in [1.29, 1.82) is 0 Å². The Morgan fingerprint density at radius 1 is 1.27 bits per heavy atom. The summed E-state index contributed by atoms with van der Waals surface area (Å²) in [7, 11) is 1.63. The molecule has 0 aliphatic carbocycles. The molecule has 0 bridgehead atoms. The fraction of sp³-hybridized carbons (Fsp3) is 0.350. The van der Waals surface area contributed by atoms with Gasteiger partial charge in [-0.1, -0.05) is 48.0 Å². The Morgan fingerprint density at radius 3 is 2.85 bits per heavy atom. The molecule has 1 aliphatic rings. The number of nitrogens with zero attached hydrogens (tertiary/aromatic N) is 1. The van der Waals surface area contributed by atoms with Crippen molar-refractivity contribution in [3.8, 4) is 5.75 Å². The van der Waals surface area contributed by atoms with Gasteiger partial charge in [0.1, 0.15) is 5.75 Å². The van der Waals surface area contributed by atoms with Crippen molar-refractivity contribution in [2.75, 3.05) is 33.3 Å². The molecule has 2 aromatic rings. The van der Waals surface area contributed by atoms with Crippen molar-refractivity contribution in [3.05, 3.63) is 64.7 Å². The molecule has 1 saturated heterocycles. The molecular weight excluding hydrogens is 350 g/mol. The Bertz CT molecular complexity index is 753. The summed E-state index contributed by atoms with van der Waals surface area (Å²) in [6, 6.07) is 15.6. The number of methoxy groups -OCH3 is 1. The van der Waals surface area contributed by atoms with E-state index in [1.165, 1.54) is 0 Å². The molecule has 138 valence electrons. The molecule has 3 rings (SSSR count). The minimum Gasteiger partial charge on any atom is -0.496 e. The molecule has 1 heterocycles. The number of halogens is 1. The van der Waals surface area contributed by atoms with E-state index in [9.17, 15) is 4.79 Å². The van der Waals surface area contributed by atoms with Crippen LogP contribution >= 0.6 is 11.6 Å². The van der Waals surface area contributed by atoms with Gasteiger partial charge >= 0.3 is 0 Å². The zero-order chi connectivity index (χ0) is 18.4. The number of ether oxygens (including phenoxy) is 1. The van der Waals surface area contributed by atoms with Crippen molar-refractivity contribution >= 4 is 17.5 Å². The Hall–Kier alpha value is -2.08. The Kier molecular flexibility index (Phi) is 6.50. The largest absolute Gasteiger partial charge is 0.496 e. The van der Waals surface area contributed by atoms with Crippen LogP contribution in [-0.4, -0.2) is 44.1 Å². The molecule has 1 aliphatic heterocycles. The Balaban J connectivity index is 1.62. The van der Waals surface area contributed by atoms with Crippen molar-refractivity contribution in [3.63, 3.8) is 0 Å². The average Bonchev–Trinajstić information content (AvgIpc) is 2.67. The summed E-state index contributed by atoms with van der Waals surface area (Å²) < 4.78 is 5.33. The van der Waals surface area contributed by atoms with Gasteiger partial charge in [-0.15, -0.1) is 0 Å². The highest BCUT2D eigenvalue weighted by Gasteiger charge is 2.26. The van der Waals surface area contributed by atoms with Crippen LogP contribution in [0.3, 0.4) is 0 Å². The second-order valence-corrected chi connectivity index (χ2v) is 6.71. The summed E-state index contributed by atoms with van der Waals surface area (Å²) in [6.45, 7) is 3.24. The summed E-state index contributed by atoms with van der Waals surface area (Å²) in [4.78, 5) is 14.7. The number of carbonyl (C=O) groups excluding carboxylic acids is 1. The molecule has 1 amide bonds. The van der Waals surface area contributed by atoms with E-state index in [-0.39, 0.29) is 11.9 Å². The first-order valence-corrected chi connectivity index (χ1v) is 9.14. The van der Waals surface area contributed by atoms with Crippen LogP contribution < -0.4 is 15.4 Å². The number of carbonyl (C=O) groups is 1. The van der Waals surface area contributed by atoms with Gasteiger partial charge < -0.3 is 15.4 Å². The number of hydrogen-bond donors (Lipinski definition) is 2. The fourth-order valence-electron chi connectivity index (χ4n) is 3.27. The molecular formula is C20H24ClN3O2. The van der Waals surface area contributed by atoms with E-state index in [2.05, 4.69) is 15.5 Å². The summed E-state index contributed by atoms with van der Waals surface area (Å²) in [5, 5.41) is 7.12. The lowest BCUT2D eigenvalue weighted by molar-refractivity contribution is -0.123. The Morgan fingerprint density at radius 2 is 2.04 bits per heavy atom. The third kappa shape index (κ3) is 4.55. The highest BCUT2D eigenvalue weighted by Crippen LogP contribution is 2.28. The maximum atomic E-state index is 12.5. The molecule has 2 aromatic carbocycles. The first-order valence-electron chi connectivity index (χ1n) is 8.77. The van der Waals surface area contributed by atoms with Crippen molar-refractivity contribution in [2.45, 2.75) is 12.6 Å². The predicted molar refractivity (Wildman–Crippen MR) is 103 cm³/mol. The number of piperazine rings is 1. The van der Waals surface area contributed by atoms with Crippen molar-refractivity contribution in [2.24, 2.45) is 0 Å². The molecule has 0 radical (unpaired) electrons. The molecule has 5 nitrogen and oxygen atoms in total. The maximum Gasteiger partial charge on any atom is 0.234 e. The van der Waals surface area contributed by atoms with Gasteiger partial charge in [-0.2, -0.15) is 0 Å². The maximum absolute atomic E-state index is 12.5. The van der Waals surface area contributed by atoms with E-state index < -0.39 is 0 Å². The van der Waals surface area contributed by atoms with E-state index in [1.54, 1.807) is 7.11 Å². The van der Waals surface area contributed by atoms with E-state index in [4.69, 9.17) is 16.3 Å². The first kappa shape index (κ1) is 18.7. The van der Waals surface area contributed by atoms with Crippen LogP contribution in [0.15, 0.2) is 48.5 Å². The highest BCUT2D eigenvalue weighted by atomic mass is 35.5. The number of benzene rings is 2. The normalized spacial score (nSPS) is 17.7. The van der Waals surface area contributed by atoms with Gasteiger partial charge in [-0.3, -0.25) is 9.69 Å². The molecule has 2 N–H and O–H groups in total. The molecule has 26 heavy (non-hydrogen) atoms. The first-order chi connectivity index (χ1) is 12.7. The zero-order valence-electron chi connectivity index (χ0n) is 14.9. The van der Waals surface area contributed by atoms with Crippen LogP contribution in [0.1, 0.15) is 17.2 Å². The third-order valence-electron chi connectivity index (χ3n) is 4.63. The number of rotatable bonds is 6. The predicted octanol–water partition coefficient (Wildman–Crippen LogP) is 2.61. The monoisotopic (exact) mass is 373 g/mol. The highest BCUT2D eigenvalue weighted by molar-refractivity contribution is 6.31. The van der Waals surface area contributed by atoms with Crippen LogP contribution in [0.25, 0.3) is 0 Å². The molecule has 1 unspecified atom stereocenters. The SMILES string of the molecule is COc1ccccc1CNC(=O)CN1CCNCC1c1ccccc1Cl. The molecule has 1 fully saturated rings. The molecule has 1 atom stereocenters. The van der Waals surface area contributed by atoms with Gasteiger partial charge in [0.25, 0.3) is 0 Å². The van der Waals surface area contributed by atoms with Gasteiger partial charge in [0.2, 0.25) is 5.91 Å². The van der Waals surface area contributed by atoms with Crippen LogP contribution in [0.4, 0.5) is 0 Å². The lowest BCUT2D eigenvalue weighted by Gasteiger charge is -2.36. The van der Waals surface area contributed by atoms with Crippen LogP contribution in [0, 0.1) is 0 Å². The standard InChI is InChI=1S/C20H24ClN3O2/c1-26-19-9-5-2-6-15(19)12-23-20(25)14-24-11-10-22-13-18(24)16-7-3-4-8-17(16)21/h2-9,18,22H,10-14H2,1H3,(H,23,25). The van der Waals surface area contributed by atoms with E-state index in [1.807, 2.05) is 48.5 Å². The minimum atomic E-state index is -0.00476. The van der Waals surface area contributed by atoms with Crippen LogP contribution in [-0.2, 0) is 11.3 Å². The molecule has 6 heteroatoms. The van der Waals surface area contributed by atoms with Crippen molar-refractivity contribution < 1.29 is 9.53 Å². The smallest absolute Gasteiger partial charge is 0.234 e. The lowest BCUT2D eigenvalue weighted by atomic mass is 10.0. The number of para-hydroxylation sites is 1. The lowest BCUT2D eigenvalue weighted by Crippen LogP contribution is -2.49. The summed E-state index contributed by atoms with van der Waals surface area (Å²) in [5.74, 6) is 0.777. The second-order valence-electron chi connectivity index (χ2n) is 6.30. The van der Waals surface area contributed by atoms with Gasteiger partial charge in [0.05, 0.1) is 13.7 Å². The number of nitrogens with one attached hydrogen (secondary N) is 2. The molecule has 0 saturated carbocycles. The fourth-order valence-corrected chi connectivity index (χ4v) is 3.53. The van der Waals surface area contributed by atoms with Gasteiger partial charge in [-0.05, 0) is 17.7 Å². The van der Waals surface area contributed by atoms with E-state index >= 15 is 0 Å². The molecule has 0 aromatic heterocycles. The summed E-state index contributed by atoms with van der Waals surface area (Å²) >= 11 is 6.37. The third-order valence-corrected chi connectivity index (χ3v) is 4.98. The Labute approximate surface area is 159 Å². The number of hydrogen-bond acceptors (Lipinski definition) is 4. The average molecular weight is 374 g/mol. The van der Waals surface area contributed by atoms with Crippen molar-refractivity contribution in [1.82, 2.24) is 15.5 Å². The van der Waals surface area contributed by atoms with Crippen LogP contribution in [0.2, 0.25) is 5.02 Å². The van der Waals surface area contributed by atoms with E-state index in [0.717, 1.165) is 41.5 Å². The van der Waals surface area contributed by atoms with Gasteiger partial charge in [0, 0.05) is 42.8 Å². The minimum absolute atomic E-state index is 0.00476.